The van der Waals surface area contributed by atoms with E-state index < -0.39 is 5.97 Å². The second-order valence-corrected chi connectivity index (χ2v) is 3.90. The zero-order valence-corrected chi connectivity index (χ0v) is 11.5. The van der Waals surface area contributed by atoms with Crippen LogP contribution in [0.2, 0.25) is 0 Å². The Balaban J connectivity index is 0.000000383. The van der Waals surface area contributed by atoms with Crippen LogP contribution in [0.4, 0.5) is 5.69 Å². The highest BCUT2D eigenvalue weighted by atomic mass is 16.4. The first-order valence-corrected chi connectivity index (χ1v) is 6.18. The predicted octanol–water partition coefficient (Wildman–Crippen LogP) is 2.40. The normalized spacial score (nSPS) is 8.43. The van der Waals surface area contributed by atoms with E-state index in [0.717, 1.165) is 16.8 Å². The highest BCUT2D eigenvalue weighted by Crippen LogP contribution is 2.07. The lowest BCUT2D eigenvalue weighted by molar-refractivity contribution is -0.143. The molecule has 2 rings (SSSR count). The van der Waals surface area contributed by atoms with Crippen molar-refractivity contribution in [3.05, 3.63) is 65.7 Å². The Morgan fingerprint density at radius 3 is 1.90 bits per heavy atom. The molecule has 0 aliphatic carbocycles. The second kappa shape index (κ2) is 8.94. The van der Waals surface area contributed by atoms with Crippen molar-refractivity contribution in [2.75, 3.05) is 12.4 Å². The number of nitrogens with one attached hydrogen (secondary N) is 1. The second-order valence-electron chi connectivity index (χ2n) is 3.90. The van der Waals surface area contributed by atoms with Crippen LogP contribution in [0.25, 0.3) is 0 Å². The van der Waals surface area contributed by atoms with Crippen LogP contribution in [0.1, 0.15) is 11.1 Å². The average molecular weight is 281 g/mol. The third-order valence-corrected chi connectivity index (χ3v) is 2.40. The minimum atomic E-state index is -1.43. The summed E-state index contributed by atoms with van der Waals surface area (Å²) in [4.78, 5) is 17.9. The van der Waals surface area contributed by atoms with E-state index in [1.165, 1.54) is 0 Å². The summed E-state index contributed by atoms with van der Waals surface area (Å²) in [7, 11) is 1.91. The number of carbonyl (C=O) groups excluding carboxylic acids is 1. The van der Waals surface area contributed by atoms with Crippen molar-refractivity contribution in [3.8, 4) is 11.8 Å². The Bertz CT molecular complexity index is 637. The molecule has 0 fully saturated rings. The average Bonchev–Trinajstić information content (AvgIpc) is 2.55. The molecule has 0 amide bonds. The van der Waals surface area contributed by atoms with Crippen LogP contribution in [0.5, 0.6) is 0 Å². The molecule has 0 saturated heterocycles. The number of carboxylic acid groups (broad SMARTS) is 1. The maximum absolute atomic E-state index is 9.00. The number of hydrogen-bond acceptors (Lipinski definition) is 3. The van der Waals surface area contributed by atoms with Gasteiger partial charge >= 0.3 is 5.97 Å². The van der Waals surface area contributed by atoms with Crippen LogP contribution in [0, 0.1) is 11.8 Å². The molecule has 4 nitrogen and oxygen atoms in total. The zero-order chi connectivity index (χ0) is 15.5. The summed E-state index contributed by atoms with van der Waals surface area (Å²) in [6.07, 6.45) is -0.167. The quantitative estimate of drug-likeness (QED) is 0.504. The molecule has 0 aliphatic rings. The first kappa shape index (κ1) is 16.0. The third-order valence-electron chi connectivity index (χ3n) is 2.40. The fraction of sp³-hybridized carbons (Fsp3) is 0.0588. The molecule has 0 aromatic heterocycles. The van der Waals surface area contributed by atoms with Crippen molar-refractivity contribution < 1.29 is 14.7 Å². The fourth-order valence-corrected chi connectivity index (χ4v) is 1.39. The topological polar surface area (TPSA) is 66.4 Å². The lowest BCUT2D eigenvalue weighted by Gasteiger charge is -1.97. The van der Waals surface area contributed by atoms with Gasteiger partial charge in [0.15, 0.2) is 0 Å². The Kier molecular flexibility index (Phi) is 6.81. The smallest absolute Gasteiger partial charge is 0.368 e. The molecule has 0 unspecified atom stereocenters. The summed E-state index contributed by atoms with van der Waals surface area (Å²) in [5.41, 5.74) is 3.17. The molecule has 0 spiro atoms. The number of hydrogen-bond donors (Lipinski definition) is 2. The standard InChI is InChI=1S/C15H13N.C2H2O3/c1-16-15-11-9-14(10-12-15)8-7-13-5-3-2-4-6-13;3-1-2(4)5/h2-6,9-12,16H,1H3;1H,(H,4,5). The van der Waals surface area contributed by atoms with Crippen molar-refractivity contribution in [1.29, 1.82) is 0 Å². The fourth-order valence-electron chi connectivity index (χ4n) is 1.39. The maximum Gasteiger partial charge on any atom is 0.368 e. The van der Waals surface area contributed by atoms with Crippen LogP contribution in [-0.4, -0.2) is 24.4 Å². The Hall–Kier alpha value is -3.06. The Morgan fingerprint density at radius 1 is 1.00 bits per heavy atom. The number of carboxylic acids is 1. The first-order valence-electron chi connectivity index (χ1n) is 6.18. The van der Waals surface area contributed by atoms with Gasteiger partial charge in [0.05, 0.1) is 0 Å². The van der Waals surface area contributed by atoms with Gasteiger partial charge in [0, 0.05) is 23.9 Å². The van der Waals surface area contributed by atoms with Crippen LogP contribution in [0.15, 0.2) is 54.6 Å². The van der Waals surface area contributed by atoms with E-state index in [4.69, 9.17) is 14.7 Å². The number of rotatable bonds is 2. The number of carbonyl (C=O) groups is 2. The maximum atomic E-state index is 9.00. The van der Waals surface area contributed by atoms with Crippen molar-refractivity contribution in [1.82, 2.24) is 0 Å². The van der Waals surface area contributed by atoms with Crippen LogP contribution >= 0.6 is 0 Å². The number of anilines is 1. The molecule has 21 heavy (non-hydrogen) atoms. The molecule has 2 aromatic carbocycles. The monoisotopic (exact) mass is 281 g/mol. The van der Waals surface area contributed by atoms with E-state index in [1.54, 1.807) is 0 Å². The summed E-state index contributed by atoms with van der Waals surface area (Å²) in [6, 6.07) is 18.1. The molecule has 0 bridgehead atoms. The van der Waals surface area contributed by atoms with Gasteiger partial charge in [0.1, 0.15) is 0 Å². The van der Waals surface area contributed by atoms with Gasteiger partial charge in [-0.3, -0.25) is 4.79 Å². The zero-order valence-electron chi connectivity index (χ0n) is 11.5. The third kappa shape index (κ3) is 6.60. The van der Waals surface area contributed by atoms with Crippen LogP contribution in [0.3, 0.4) is 0 Å². The first-order chi connectivity index (χ1) is 10.2. The van der Waals surface area contributed by atoms with E-state index in [1.807, 2.05) is 61.6 Å². The summed E-state index contributed by atoms with van der Waals surface area (Å²) in [5.74, 6) is 4.84. The molecule has 0 atom stereocenters. The van der Waals surface area contributed by atoms with Gasteiger partial charge in [-0.15, -0.1) is 0 Å². The minimum Gasteiger partial charge on any atom is -0.476 e. The highest BCUT2D eigenvalue weighted by Gasteiger charge is 1.88. The molecule has 106 valence electrons. The molecule has 0 radical (unpaired) electrons. The van der Waals surface area contributed by atoms with E-state index in [2.05, 4.69) is 17.2 Å². The van der Waals surface area contributed by atoms with Gasteiger partial charge in [-0.1, -0.05) is 30.0 Å². The van der Waals surface area contributed by atoms with Gasteiger partial charge in [-0.2, -0.15) is 0 Å². The summed E-state index contributed by atoms with van der Waals surface area (Å²) < 4.78 is 0. The number of aldehydes is 1. The van der Waals surface area contributed by atoms with Gasteiger partial charge in [0.2, 0.25) is 6.29 Å². The van der Waals surface area contributed by atoms with Crippen LogP contribution in [-0.2, 0) is 9.59 Å². The lowest BCUT2D eigenvalue weighted by Crippen LogP contribution is -1.91. The molecule has 2 N–H and O–H groups in total. The summed E-state index contributed by atoms with van der Waals surface area (Å²) >= 11 is 0. The van der Waals surface area contributed by atoms with E-state index >= 15 is 0 Å². The van der Waals surface area contributed by atoms with Crippen molar-refractivity contribution in [2.45, 2.75) is 0 Å². The van der Waals surface area contributed by atoms with Crippen LogP contribution < -0.4 is 5.32 Å². The lowest BCUT2D eigenvalue weighted by atomic mass is 10.2. The number of benzene rings is 2. The number of aliphatic carboxylic acids is 1. The molecule has 0 heterocycles. The van der Waals surface area contributed by atoms with Crippen molar-refractivity contribution >= 4 is 17.9 Å². The largest absolute Gasteiger partial charge is 0.476 e. The Morgan fingerprint density at radius 2 is 1.48 bits per heavy atom. The highest BCUT2D eigenvalue weighted by molar-refractivity contribution is 6.19. The van der Waals surface area contributed by atoms with Gasteiger partial charge < -0.3 is 10.4 Å². The van der Waals surface area contributed by atoms with Gasteiger partial charge in [-0.05, 0) is 36.4 Å². The molecule has 0 aliphatic heterocycles. The minimum absolute atomic E-state index is 0.167. The molecular formula is C17H15NO3. The van der Waals surface area contributed by atoms with E-state index in [0.29, 0.717) is 0 Å². The van der Waals surface area contributed by atoms with Crippen molar-refractivity contribution in [2.24, 2.45) is 0 Å². The molecular weight excluding hydrogens is 266 g/mol. The predicted molar refractivity (Wildman–Crippen MR) is 82.1 cm³/mol. The van der Waals surface area contributed by atoms with E-state index in [-0.39, 0.29) is 6.29 Å². The van der Waals surface area contributed by atoms with Gasteiger partial charge in [-0.25, -0.2) is 4.79 Å². The summed E-state index contributed by atoms with van der Waals surface area (Å²) in [5, 5.41) is 10.4. The SMILES string of the molecule is CNc1ccc(C#Cc2ccccc2)cc1.O=CC(=O)O. The molecule has 2 aromatic rings. The van der Waals surface area contributed by atoms with Crippen molar-refractivity contribution in [3.63, 3.8) is 0 Å². The van der Waals surface area contributed by atoms with Gasteiger partial charge in [0.25, 0.3) is 0 Å². The Labute approximate surface area is 123 Å². The van der Waals surface area contributed by atoms with E-state index in [9.17, 15) is 0 Å². The molecule has 0 saturated carbocycles. The summed E-state index contributed by atoms with van der Waals surface area (Å²) in [6.45, 7) is 0. The molecule has 4 heteroatoms.